The van der Waals surface area contributed by atoms with Gasteiger partial charge in [0.2, 0.25) is 0 Å². The molecule has 2 unspecified atom stereocenters. The Balaban J connectivity index is 0.00000363. The lowest BCUT2D eigenvalue weighted by molar-refractivity contribution is -0.130. The Morgan fingerprint density at radius 1 is 1.28 bits per heavy atom. The quantitative estimate of drug-likeness (QED) is 0.151. The van der Waals surface area contributed by atoms with Crippen LogP contribution < -0.4 is 20.9 Å². The lowest BCUT2D eigenvalue weighted by atomic mass is 9.99. The number of nitrogens with zero attached hydrogens (tertiary/aromatic N) is 3. The van der Waals surface area contributed by atoms with Crippen molar-refractivity contribution < 1.29 is 9.59 Å². The molecule has 1 aromatic carbocycles. The first-order valence-corrected chi connectivity index (χ1v) is 11.3. The standard InChI is InChI=1S/C23H36N6O2.HI/c1-5-23(3)20(30)29(22(31)27-23)15-9-12-25-21(24-4)26-17(2)18-10-8-11-19(16-18)28-13-6-7-14-28;/h8,10-11,16-17H,5-7,9,12-15H2,1-4H3,(H,27,31)(H2,24,25,26);1H. The summed E-state index contributed by atoms with van der Waals surface area (Å²) in [7, 11) is 1.74. The number of anilines is 1. The fourth-order valence-corrected chi connectivity index (χ4v) is 4.08. The van der Waals surface area contributed by atoms with Crippen molar-refractivity contribution in [2.45, 2.75) is 58.0 Å². The van der Waals surface area contributed by atoms with Gasteiger partial charge in [0, 0.05) is 38.9 Å². The van der Waals surface area contributed by atoms with Crippen LogP contribution in [0, 0.1) is 0 Å². The smallest absolute Gasteiger partial charge is 0.325 e. The van der Waals surface area contributed by atoms with Crippen molar-refractivity contribution in [3.05, 3.63) is 29.8 Å². The monoisotopic (exact) mass is 556 g/mol. The molecule has 0 radical (unpaired) electrons. The van der Waals surface area contributed by atoms with Crippen molar-refractivity contribution in [1.82, 2.24) is 20.9 Å². The van der Waals surface area contributed by atoms with Gasteiger partial charge in [-0.2, -0.15) is 0 Å². The maximum absolute atomic E-state index is 12.5. The Hall–Kier alpha value is -2.04. The topological polar surface area (TPSA) is 89.1 Å². The molecule has 9 heteroatoms. The Kier molecular flexibility index (Phi) is 9.60. The maximum Gasteiger partial charge on any atom is 0.325 e. The van der Waals surface area contributed by atoms with Crippen LogP contribution in [0.5, 0.6) is 0 Å². The number of nitrogens with one attached hydrogen (secondary N) is 3. The summed E-state index contributed by atoms with van der Waals surface area (Å²) in [6, 6.07) is 8.46. The molecule has 2 aliphatic rings. The van der Waals surface area contributed by atoms with Crippen LogP contribution >= 0.6 is 24.0 Å². The van der Waals surface area contributed by atoms with Gasteiger partial charge in [-0.1, -0.05) is 19.1 Å². The van der Waals surface area contributed by atoms with E-state index in [1.165, 1.54) is 29.0 Å². The van der Waals surface area contributed by atoms with Crippen molar-refractivity contribution in [3.63, 3.8) is 0 Å². The fourth-order valence-electron chi connectivity index (χ4n) is 4.08. The molecule has 0 bridgehead atoms. The van der Waals surface area contributed by atoms with Crippen LogP contribution in [0.15, 0.2) is 29.3 Å². The summed E-state index contributed by atoms with van der Waals surface area (Å²) in [5.74, 6) is 0.559. The number of guanidine groups is 1. The number of halogens is 1. The van der Waals surface area contributed by atoms with Gasteiger partial charge in [0.25, 0.3) is 5.91 Å². The molecule has 2 heterocycles. The molecule has 3 N–H and O–H groups in total. The predicted octanol–water partition coefficient (Wildman–Crippen LogP) is 3.24. The third-order valence-corrected chi connectivity index (χ3v) is 6.32. The second-order valence-electron chi connectivity index (χ2n) is 8.58. The number of urea groups is 1. The van der Waals surface area contributed by atoms with E-state index in [4.69, 9.17) is 0 Å². The van der Waals surface area contributed by atoms with Crippen molar-refractivity contribution in [2.75, 3.05) is 38.1 Å². The first kappa shape index (κ1) is 26.2. The Morgan fingerprint density at radius 2 is 2.00 bits per heavy atom. The minimum atomic E-state index is -0.777. The largest absolute Gasteiger partial charge is 0.372 e. The summed E-state index contributed by atoms with van der Waals surface area (Å²) in [5.41, 5.74) is 1.71. The number of hydrogen-bond donors (Lipinski definition) is 3. The summed E-state index contributed by atoms with van der Waals surface area (Å²) in [4.78, 5) is 32.6. The Morgan fingerprint density at radius 3 is 2.62 bits per heavy atom. The SMILES string of the molecule is CCC1(C)NC(=O)N(CCCNC(=NC)NC(C)c2cccc(N3CCCC3)c2)C1=O.I. The number of aliphatic imine (C=N–C) groups is 1. The molecule has 2 atom stereocenters. The minimum Gasteiger partial charge on any atom is -0.372 e. The maximum atomic E-state index is 12.5. The van der Waals surface area contributed by atoms with E-state index >= 15 is 0 Å². The summed E-state index contributed by atoms with van der Waals surface area (Å²) in [6.07, 6.45) is 3.76. The molecule has 32 heavy (non-hydrogen) atoms. The highest BCUT2D eigenvalue weighted by atomic mass is 127. The average molecular weight is 556 g/mol. The summed E-state index contributed by atoms with van der Waals surface area (Å²) in [5, 5.41) is 9.50. The van der Waals surface area contributed by atoms with Crippen LogP contribution in [0.25, 0.3) is 0 Å². The number of amides is 3. The van der Waals surface area contributed by atoms with Gasteiger partial charge in [-0.15, -0.1) is 24.0 Å². The van der Waals surface area contributed by atoms with E-state index in [0.29, 0.717) is 31.9 Å². The number of rotatable bonds is 8. The van der Waals surface area contributed by atoms with Gasteiger partial charge in [0.05, 0.1) is 6.04 Å². The number of hydrogen-bond acceptors (Lipinski definition) is 4. The van der Waals surface area contributed by atoms with Crippen LogP contribution in [0.3, 0.4) is 0 Å². The lowest BCUT2D eigenvalue weighted by Gasteiger charge is -2.22. The second-order valence-corrected chi connectivity index (χ2v) is 8.58. The fraction of sp³-hybridized carbons (Fsp3) is 0.609. The zero-order valence-electron chi connectivity index (χ0n) is 19.6. The van der Waals surface area contributed by atoms with Crippen molar-refractivity contribution in [2.24, 2.45) is 4.99 Å². The van der Waals surface area contributed by atoms with Crippen molar-refractivity contribution >= 4 is 47.6 Å². The van der Waals surface area contributed by atoms with Gasteiger partial charge in [-0.05, 0) is 57.2 Å². The molecule has 2 saturated heterocycles. The van der Waals surface area contributed by atoms with Gasteiger partial charge in [0.15, 0.2) is 5.96 Å². The molecule has 0 aliphatic carbocycles. The molecule has 8 nitrogen and oxygen atoms in total. The van der Waals surface area contributed by atoms with Crippen LogP contribution in [0.4, 0.5) is 10.5 Å². The zero-order chi connectivity index (χ0) is 22.4. The van der Waals surface area contributed by atoms with Gasteiger partial charge >= 0.3 is 6.03 Å². The van der Waals surface area contributed by atoms with Crippen LogP contribution in [-0.2, 0) is 4.79 Å². The molecular weight excluding hydrogens is 519 g/mol. The minimum absolute atomic E-state index is 0. The molecule has 0 aromatic heterocycles. The molecule has 2 fully saturated rings. The highest BCUT2D eigenvalue weighted by molar-refractivity contribution is 14.0. The normalized spacial score (nSPS) is 21.9. The van der Waals surface area contributed by atoms with Gasteiger partial charge < -0.3 is 20.9 Å². The molecular formula is C23H37IN6O2. The van der Waals surface area contributed by atoms with Crippen molar-refractivity contribution in [1.29, 1.82) is 0 Å². The van der Waals surface area contributed by atoms with E-state index in [0.717, 1.165) is 13.1 Å². The summed E-state index contributed by atoms with van der Waals surface area (Å²) < 4.78 is 0. The van der Waals surface area contributed by atoms with Crippen molar-refractivity contribution in [3.8, 4) is 0 Å². The number of carbonyl (C=O) groups is 2. The third kappa shape index (κ3) is 6.05. The highest BCUT2D eigenvalue weighted by Crippen LogP contribution is 2.24. The summed E-state index contributed by atoms with van der Waals surface area (Å²) >= 11 is 0. The summed E-state index contributed by atoms with van der Waals surface area (Å²) in [6.45, 7) is 9.05. The number of benzene rings is 1. The van der Waals surface area contributed by atoms with E-state index in [1.807, 2.05) is 6.92 Å². The van der Waals surface area contributed by atoms with E-state index in [2.05, 4.69) is 57.0 Å². The van der Waals surface area contributed by atoms with Crippen LogP contribution in [0.1, 0.15) is 58.1 Å². The molecule has 0 spiro atoms. The molecule has 2 aliphatic heterocycles. The number of imide groups is 1. The Labute approximate surface area is 208 Å². The zero-order valence-corrected chi connectivity index (χ0v) is 21.9. The van der Waals surface area contributed by atoms with E-state index in [1.54, 1.807) is 14.0 Å². The van der Waals surface area contributed by atoms with E-state index in [-0.39, 0.29) is 42.0 Å². The second kappa shape index (κ2) is 11.7. The molecule has 3 amide bonds. The van der Waals surface area contributed by atoms with Crippen LogP contribution in [0.2, 0.25) is 0 Å². The lowest BCUT2D eigenvalue weighted by Crippen LogP contribution is -2.43. The predicted molar refractivity (Wildman–Crippen MR) is 140 cm³/mol. The molecule has 3 rings (SSSR count). The first-order chi connectivity index (χ1) is 14.9. The average Bonchev–Trinajstić information content (AvgIpc) is 3.39. The third-order valence-electron chi connectivity index (χ3n) is 6.32. The van der Waals surface area contributed by atoms with Gasteiger partial charge in [-0.3, -0.25) is 14.7 Å². The molecule has 0 saturated carbocycles. The number of carbonyl (C=O) groups excluding carboxylic acids is 2. The molecule has 1 aromatic rings. The van der Waals surface area contributed by atoms with Gasteiger partial charge in [-0.25, -0.2) is 4.79 Å². The molecule has 178 valence electrons. The Bertz CT molecular complexity index is 826. The first-order valence-electron chi connectivity index (χ1n) is 11.3. The van der Waals surface area contributed by atoms with Crippen LogP contribution in [-0.4, -0.2) is 61.6 Å². The highest BCUT2D eigenvalue weighted by Gasteiger charge is 2.45. The van der Waals surface area contributed by atoms with Gasteiger partial charge in [0.1, 0.15) is 5.54 Å². The van der Waals surface area contributed by atoms with E-state index < -0.39 is 5.54 Å². The van der Waals surface area contributed by atoms with E-state index in [9.17, 15) is 9.59 Å².